The smallest absolute Gasteiger partial charge is 0.236 e. The minimum absolute atomic E-state index is 0.577. The van der Waals surface area contributed by atoms with Crippen molar-refractivity contribution in [2.45, 2.75) is 10.2 Å². The van der Waals surface area contributed by atoms with E-state index in [0.717, 1.165) is 15.9 Å². The van der Waals surface area contributed by atoms with Crippen molar-refractivity contribution in [1.29, 1.82) is 0 Å². The molecule has 0 amide bonds. The Bertz CT molecular complexity index is 865. The lowest BCUT2D eigenvalue weighted by atomic mass is 10.2. The quantitative estimate of drug-likeness (QED) is 0.524. The highest BCUT2D eigenvalue weighted by Crippen LogP contribution is 2.28. The number of para-hydroxylation sites is 1. The van der Waals surface area contributed by atoms with Gasteiger partial charge in [-0.3, -0.25) is 0 Å². The van der Waals surface area contributed by atoms with Crippen molar-refractivity contribution >= 4 is 28.4 Å². The van der Waals surface area contributed by atoms with Crippen LogP contribution < -0.4 is 0 Å². The molecule has 6 nitrogen and oxygen atoms in total. The van der Waals surface area contributed by atoms with E-state index in [4.69, 9.17) is 0 Å². The molecular formula is C13H8N6S. The van der Waals surface area contributed by atoms with Gasteiger partial charge < -0.3 is 0 Å². The molecular weight excluding hydrogens is 272 g/mol. The zero-order chi connectivity index (χ0) is 13.4. The van der Waals surface area contributed by atoms with Gasteiger partial charge in [0.25, 0.3) is 5.78 Å². The second kappa shape index (κ2) is 4.53. The number of hydrogen-bond donors (Lipinski definition) is 0. The van der Waals surface area contributed by atoms with E-state index in [9.17, 15) is 0 Å². The highest BCUT2D eigenvalue weighted by molar-refractivity contribution is 7.99. The van der Waals surface area contributed by atoms with Crippen LogP contribution in [0.3, 0.4) is 0 Å². The largest absolute Gasteiger partial charge is 0.253 e. The van der Waals surface area contributed by atoms with E-state index in [-0.39, 0.29) is 0 Å². The summed E-state index contributed by atoms with van der Waals surface area (Å²) >= 11 is 1.41. The Hall–Kier alpha value is -2.54. The lowest BCUT2D eigenvalue weighted by molar-refractivity contribution is 0.878. The molecule has 0 spiro atoms. The Balaban J connectivity index is 1.80. The van der Waals surface area contributed by atoms with Gasteiger partial charge in [-0.1, -0.05) is 18.2 Å². The monoisotopic (exact) mass is 280 g/mol. The maximum atomic E-state index is 4.36. The predicted octanol–water partition coefficient (Wildman–Crippen LogP) is 2.22. The van der Waals surface area contributed by atoms with Gasteiger partial charge in [-0.15, -0.1) is 5.10 Å². The number of benzene rings is 1. The van der Waals surface area contributed by atoms with Crippen LogP contribution in [0.1, 0.15) is 0 Å². The third-order valence-electron chi connectivity index (χ3n) is 2.79. The third-order valence-corrected chi connectivity index (χ3v) is 3.67. The molecule has 0 atom stereocenters. The number of rotatable bonds is 2. The zero-order valence-corrected chi connectivity index (χ0v) is 11.0. The maximum Gasteiger partial charge on any atom is 0.253 e. The molecule has 4 aromatic rings. The van der Waals surface area contributed by atoms with Crippen LogP contribution >= 0.6 is 11.8 Å². The molecule has 1 aromatic carbocycles. The summed E-state index contributed by atoms with van der Waals surface area (Å²) in [5.41, 5.74) is 0.909. The SMILES string of the molecule is c1ccc2c(Sc3nc4ncccn4n3)ncnc2c1. The van der Waals surface area contributed by atoms with Crippen LogP contribution in [0, 0.1) is 0 Å². The van der Waals surface area contributed by atoms with Crippen LogP contribution in [0.2, 0.25) is 0 Å². The highest BCUT2D eigenvalue weighted by atomic mass is 32.2. The molecule has 0 aliphatic carbocycles. The first-order valence-corrected chi connectivity index (χ1v) is 6.77. The van der Waals surface area contributed by atoms with E-state index < -0.39 is 0 Å². The molecule has 0 aliphatic heterocycles. The Kier molecular flexibility index (Phi) is 2.56. The lowest BCUT2D eigenvalue weighted by Gasteiger charge is -2.00. The van der Waals surface area contributed by atoms with Crippen LogP contribution in [-0.2, 0) is 0 Å². The molecule has 3 aromatic heterocycles. The molecule has 0 N–H and O–H groups in total. The van der Waals surface area contributed by atoms with E-state index in [1.165, 1.54) is 11.8 Å². The van der Waals surface area contributed by atoms with Gasteiger partial charge in [0.1, 0.15) is 11.4 Å². The zero-order valence-electron chi connectivity index (χ0n) is 10.2. The van der Waals surface area contributed by atoms with E-state index in [1.54, 1.807) is 17.0 Å². The summed E-state index contributed by atoms with van der Waals surface area (Å²) in [6.45, 7) is 0. The van der Waals surface area contributed by atoms with Crippen molar-refractivity contribution in [1.82, 2.24) is 29.5 Å². The van der Waals surface area contributed by atoms with Gasteiger partial charge in [-0.25, -0.2) is 19.5 Å². The molecule has 0 unspecified atom stereocenters. The van der Waals surface area contributed by atoms with Gasteiger partial charge in [0.15, 0.2) is 0 Å². The first kappa shape index (κ1) is 11.3. The van der Waals surface area contributed by atoms with Gasteiger partial charge in [0, 0.05) is 17.8 Å². The number of aromatic nitrogens is 6. The van der Waals surface area contributed by atoms with Crippen molar-refractivity contribution in [3.05, 3.63) is 49.1 Å². The van der Waals surface area contributed by atoms with Crippen molar-refractivity contribution in [3.63, 3.8) is 0 Å². The van der Waals surface area contributed by atoms with Crippen LogP contribution in [0.25, 0.3) is 16.7 Å². The second-order valence-corrected chi connectivity index (χ2v) is 5.01. The molecule has 0 bridgehead atoms. The summed E-state index contributed by atoms with van der Waals surface area (Å²) in [6, 6.07) is 9.69. The minimum Gasteiger partial charge on any atom is -0.236 e. The Labute approximate surface area is 117 Å². The normalized spacial score (nSPS) is 11.2. The number of fused-ring (bicyclic) bond motifs is 2. The summed E-state index contributed by atoms with van der Waals surface area (Å²) in [7, 11) is 0. The predicted molar refractivity (Wildman–Crippen MR) is 74.4 cm³/mol. The van der Waals surface area contributed by atoms with E-state index in [2.05, 4.69) is 25.0 Å². The minimum atomic E-state index is 0.577. The molecule has 0 saturated heterocycles. The summed E-state index contributed by atoms with van der Waals surface area (Å²) in [6.07, 6.45) is 5.06. The highest BCUT2D eigenvalue weighted by Gasteiger charge is 2.10. The molecule has 0 radical (unpaired) electrons. The summed E-state index contributed by atoms with van der Waals surface area (Å²) in [5.74, 6) is 0.577. The molecule has 0 aliphatic rings. The number of nitrogens with zero attached hydrogens (tertiary/aromatic N) is 6. The second-order valence-electron chi connectivity index (χ2n) is 4.06. The van der Waals surface area contributed by atoms with Gasteiger partial charge >= 0.3 is 0 Å². The fourth-order valence-corrected chi connectivity index (χ4v) is 2.72. The number of hydrogen-bond acceptors (Lipinski definition) is 6. The maximum absolute atomic E-state index is 4.36. The summed E-state index contributed by atoms with van der Waals surface area (Å²) in [4.78, 5) is 17.1. The van der Waals surface area contributed by atoms with Crippen LogP contribution in [-0.4, -0.2) is 29.5 Å². The van der Waals surface area contributed by atoms with E-state index in [1.807, 2.05) is 36.5 Å². The van der Waals surface area contributed by atoms with E-state index >= 15 is 0 Å². The van der Waals surface area contributed by atoms with Gasteiger partial charge in [-0.2, -0.15) is 4.98 Å². The fourth-order valence-electron chi connectivity index (χ4n) is 1.90. The molecule has 96 valence electrons. The van der Waals surface area contributed by atoms with Crippen molar-refractivity contribution in [2.75, 3.05) is 0 Å². The van der Waals surface area contributed by atoms with Gasteiger partial charge in [-0.05, 0) is 23.9 Å². The van der Waals surface area contributed by atoms with Crippen molar-refractivity contribution < 1.29 is 0 Å². The summed E-state index contributed by atoms with van der Waals surface area (Å²) < 4.78 is 1.64. The van der Waals surface area contributed by atoms with Crippen LogP contribution in [0.5, 0.6) is 0 Å². The molecule has 3 heterocycles. The topological polar surface area (TPSA) is 68.9 Å². The average Bonchev–Trinajstić information content (AvgIpc) is 2.90. The molecule has 7 heteroatoms. The van der Waals surface area contributed by atoms with Crippen LogP contribution in [0.4, 0.5) is 0 Å². The fraction of sp³-hybridized carbons (Fsp3) is 0. The Morgan fingerprint density at radius 2 is 1.95 bits per heavy atom. The Morgan fingerprint density at radius 1 is 1.00 bits per heavy atom. The molecule has 4 rings (SSSR count). The van der Waals surface area contributed by atoms with Crippen molar-refractivity contribution in [3.8, 4) is 0 Å². The van der Waals surface area contributed by atoms with Crippen molar-refractivity contribution in [2.24, 2.45) is 0 Å². The molecule has 20 heavy (non-hydrogen) atoms. The van der Waals surface area contributed by atoms with E-state index in [0.29, 0.717) is 10.9 Å². The van der Waals surface area contributed by atoms with Gasteiger partial charge in [0.05, 0.1) is 5.52 Å². The third kappa shape index (κ3) is 1.88. The molecule has 0 saturated carbocycles. The standard InChI is InChI=1S/C13H8N6S/c1-2-5-10-9(4-1)11(16-8-15-10)20-13-17-12-14-6-3-7-19(12)18-13/h1-8H. The van der Waals surface area contributed by atoms with Gasteiger partial charge in [0.2, 0.25) is 5.16 Å². The molecule has 0 fully saturated rings. The lowest BCUT2D eigenvalue weighted by Crippen LogP contribution is -1.88. The van der Waals surface area contributed by atoms with Crippen LogP contribution in [0.15, 0.2) is 59.2 Å². The Morgan fingerprint density at radius 3 is 2.90 bits per heavy atom. The average molecular weight is 280 g/mol. The first-order valence-electron chi connectivity index (χ1n) is 5.95. The summed E-state index contributed by atoms with van der Waals surface area (Å²) in [5, 5.41) is 6.81. The first-order chi connectivity index (χ1) is 9.90.